The molecule has 2 aliphatic heterocycles. The molecule has 1 saturated heterocycles. The van der Waals surface area contributed by atoms with E-state index in [-0.39, 0.29) is 17.8 Å². The standard InChI is InChI=1S/C25H31FN6O3/c1-4-23(33)30-8-5-17(14-30)16(2)31-15-18(12-28-31)24-20-6-9-35-10-7-22(20)32(29-24)19-11-21(26)25(34-3)27-13-19/h11-13,15-17H,4-10,14H2,1-3H3/t16?,17-/m0/s1. The molecule has 9 nitrogen and oxygen atoms in total. The number of carbonyl (C=O) groups is 1. The third-order valence-electron chi connectivity index (χ3n) is 7.15. The van der Waals surface area contributed by atoms with Crippen molar-refractivity contribution in [2.45, 2.75) is 45.6 Å². The minimum absolute atomic E-state index is 0.0445. The van der Waals surface area contributed by atoms with Crippen LogP contribution in [0.3, 0.4) is 0 Å². The number of halogens is 1. The molecule has 5 heterocycles. The predicted molar refractivity (Wildman–Crippen MR) is 127 cm³/mol. The highest BCUT2D eigenvalue weighted by Crippen LogP contribution is 2.33. The van der Waals surface area contributed by atoms with Crippen LogP contribution in [-0.2, 0) is 22.4 Å². The second-order valence-corrected chi connectivity index (χ2v) is 9.17. The summed E-state index contributed by atoms with van der Waals surface area (Å²) < 4.78 is 28.9. The number of aromatic nitrogens is 5. The zero-order valence-corrected chi connectivity index (χ0v) is 20.4. The Morgan fingerprint density at radius 3 is 2.91 bits per heavy atom. The topological polar surface area (TPSA) is 87.3 Å². The number of ether oxygens (including phenoxy) is 2. The number of nitrogens with zero attached hydrogens (tertiary/aromatic N) is 6. The summed E-state index contributed by atoms with van der Waals surface area (Å²) in [5.74, 6) is -0.0122. The summed E-state index contributed by atoms with van der Waals surface area (Å²) in [6.45, 7) is 6.81. The minimum Gasteiger partial charge on any atom is -0.479 e. The first-order valence-corrected chi connectivity index (χ1v) is 12.2. The lowest BCUT2D eigenvalue weighted by atomic mass is 10.0. The highest BCUT2D eigenvalue weighted by molar-refractivity contribution is 5.76. The highest BCUT2D eigenvalue weighted by Gasteiger charge is 2.31. The molecule has 1 unspecified atom stereocenters. The molecule has 0 radical (unpaired) electrons. The van der Waals surface area contributed by atoms with Crippen LogP contribution in [0.5, 0.6) is 5.88 Å². The SMILES string of the molecule is CCC(=O)N1CC[C@H](C(C)n2cc(-c3nn(-c4cnc(OC)c(F)c4)c4c3CCOCC4)cn2)C1. The normalized spacial score (nSPS) is 18.9. The number of hydrogen-bond donors (Lipinski definition) is 0. The average Bonchev–Trinajstić information content (AvgIpc) is 3.59. The third kappa shape index (κ3) is 4.42. The summed E-state index contributed by atoms with van der Waals surface area (Å²) in [6, 6.07) is 1.55. The molecule has 5 rings (SSSR count). The van der Waals surface area contributed by atoms with E-state index in [0.29, 0.717) is 44.1 Å². The van der Waals surface area contributed by atoms with Crippen LogP contribution in [-0.4, -0.2) is 68.8 Å². The number of fused-ring (bicyclic) bond motifs is 1. The number of likely N-dealkylation sites (tertiary alicyclic amines) is 1. The highest BCUT2D eigenvalue weighted by atomic mass is 19.1. The Bertz CT molecular complexity index is 1220. The molecule has 0 aromatic carbocycles. The van der Waals surface area contributed by atoms with Crippen molar-refractivity contribution in [1.29, 1.82) is 0 Å². The van der Waals surface area contributed by atoms with E-state index >= 15 is 0 Å². The molecular weight excluding hydrogens is 451 g/mol. The van der Waals surface area contributed by atoms with Crippen LogP contribution >= 0.6 is 0 Å². The molecule has 0 aliphatic carbocycles. The first-order chi connectivity index (χ1) is 17.0. The second-order valence-electron chi connectivity index (χ2n) is 9.17. The van der Waals surface area contributed by atoms with Gasteiger partial charge in [0.25, 0.3) is 0 Å². The van der Waals surface area contributed by atoms with Crippen LogP contribution in [0, 0.1) is 11.7 Å². The molecule has 3 aromatic rings. The van der Waals surface area contributed by atoms with E-state index in [1.54, 1.807) is 10.9 Å². The Kier molecular flexibility index (Phi) is 6.55. The second kappa shape index (κ2) is 9.77. The van der Waals surface area contributed by atoms with E-state index < -0.39 is 5.82 Å². The van der Waals surface area contributed by atoms with Gasteiger partial charge in [0.15, 0.2) is 5.82 Å². The summed E-state index contributed by atoms with van der Waals surface area (Å²) >= 11 is 0. The van der Waals surface area contributed by atoms with Crippen molar-refractivity contribution in [3.05, 3.63) is 41.7 Å². The zero-order valence-electron chi connectivity index (χ0n) is 20.4. The van der Waals surface area contributed by atoms with Crippen LogP contribution in [0.15, 0.2) is 24.7 Å². The summed E-state index contributed by atoms with van der Waals surface area (Å²) in [6.07, 6.45) is 8.34. The third-order valence-corrected chi connectivity index (χ3v) is 7.15. The molecule has 186 valence electrons. The van der Waals surface area contributed by atoms with Gasteiger partial charge in [0.2, 0.25) is 11.8 Å². The van der Waals surface area contributed by atoms with Crippen LogP contribution in [0.1, 0.15) is 44.0 Å². The fourth-order valence-corrected chi connectivity index (χ4v) is 5.11. The number of rotatable bonds is 6. The Hall–Kier alpha value is -3.27. The molecule has 2 atom stereocenters. The molecule has 1 fully saturated rings. The van der Waals surface area contributed by atoms with Crippen LogP contribution in [0.25, 0.3) is 16.9 Å². The minimum atomic E-state index is -0.533. The van der Waals surface area contributed by atoms with Crippen molar-refractivity contribution < 1.29 is 18.7 Å². The smallest absolute Gasteiger partial charge is 0.250 e. The van der Waals surface area contributed by atoms with E-state index in [0.717, 1.165) is 42.0 Å². The lowest BCUT2D eigenvalue weighted by molar-refractivity contribution is -0.129. The van der Waals surface area contributed by atoms with E-state index in [2.05, 4.69) is 17.0 Å². The van der Waals surface area contributed by atoms with Gasteiger partial charge >= 0.3 is 0 Å². The van der Waals surface area contributed by atoms with Gasteiger partial charge in [-0.2, -0.15) is 10.2 Å². The van der Waals surface area contributed by atoms with Crippen molar-refractivity contribution in [2.75, 3.05) is 33.4 Å². The van der Waals surface area contributed by atoms with E-state index in [9.17, 15) is 9.18 Å². The van der Waals surface area contributed by atoms with Crippen molar-refractivity contribution in [3.63, 3.8) is 0 Å². The van der Waals surface area contributed by atoms with E-state index in [1.807, 2.05) is 28.9 Å². The van der Waals surface area contributed by atoms with Crippen molar-refractivity contribution in [3.8, 4) is 22.8 Å². The summed E-state index contributed by atoms with van der Waals surface area (Å²) in [7, 11) is 1.39. The van der Waals surface area contributed by atoms with Crippen molar-refractivity contribution in [2.24, 2.45) is 5.92 Å². The summed E-state index contributed by atoms with van der Waals surface area (Å²) in [5.41, 5.74) is 4.37. The maximum atomic E-state index is 14.4. The van der Waals surface area contributed by atoms with Crippen LogP contribution in [0.4, 0.5) is 4.39 Å². The molecule has 0 spiro atoms. The van der Waals surface area contributed by atoms with E-state index in [4.69, 9.17) is 14.6 Å². The van der Waals surface area contributed by atoms with Gasteiger partial charge in [-0.1, -0.05) is 6.92 Å². The van der Waals surface area contributed by atoms with Gasteiger partial charge in [-0.15, -0.1) is 0 Å². The molecule has 0 N–H and O–H groups in total. The van der Waals surface area contributed by atoms with Gasteiger partial charge in [-0.3, -0.25) is 9.48 Å². The number of amides is 1. The molecule has 0 saturated carbocycles. The maximum Gasteiger partial charge on any atom is 0.250 e. The molecule has 0 bridgehead atoms. The lowest BCUT2D eigenvalue weighted by Gasteiger charge is -2.20. The van der Waals surface area contributed by atoms with Crippen molar-refractivity contribution in [1.82, 2.24) is 29.4 Å². The molecule has 3 aromatic heterocycles. The first-order valence-electron chi connectivity index (χ1n) is 12.2. The molecule has 2 aliphatic rings. The predicted octanol–water partition coefficient (Wildman–Crippen LogP) is 3.21. The van der Waals surface area contributed by atoms with Gasteiger partial charge < -0.3 is 14.4 Å². The summed E-state index contributed by atoms with van der Waals surface area (Å²) in [4.78, 5) is 18.1. The number of methoxy groups -OCH3 is 1. The monoisotopic (exact) mass is 482 g/mol. The van der Waals surface area contributed by atoms with Crippen LogP contribution < -0.4 is 4.74 Å². The zero-order chi connectivity index (χ0) is 24.5. The fraction of sp³-hybridized carbons (Fsp3) is 0.520. The Labute approximate surface area is 203 Å². The average molecular weight is 483 g/mol. The van der Waals surface area contributed by atoms with E-state index in [1.165, 1.54) is 13.2 Å². The van der Waals surface area contributed by atoms with Crippen molar-refractivity contribution >= 4 is 5.91 Å². The number of pyridine rings is 1. The fourth-order valence-electron chi connectivity index (χ4n) is 5.11. The Morgan fingerprint density at radius 1 is 1.31 bits per heavy atom. The summed E-state index contributed by atoms with van der Waals surface area (Å²) in [5, 5.41) is 9.56. The Balaban J connectivity index is 1.46. The Morgan fingerprint density at radius 2 is 2.14 bits per heavy atom. The molecule has 1 amide bonds. The quantitative estimate of drug-likeness (QED) is 0.536. The van der Waals surface area contributed by atoms with Gasteiger partial charge in [-0.05, 0) is 19.8 Å². The lowest BCUT2D eigenvalue weighted by Crippen LogP contribution is -2.29. The maximum absolute atomic E-state index is 14.4. The van der Waals surface area contributed by atoms with Crippen LogP contribution in [0.2, 0.25) is 0 Å². The van der Waals surface area contributed by atoms with Gasteiger partial charge in [0.1, 0.15) is 0 Å². The largest absolute Gasteiger partial charge is 0.479 e. The first kappa shape index (κ1) is 23.5. The molecule has 35 heavy (non-hydrogen) atoms. The van der Waals surface area contributed by atoms with Gasteiger partial charge in [0, 0.05) is 55.2 Å². The van der Waals surface area contributed by atoms with Gasteiger partial charge in [-0.25, -0.2) is 14.1 Å². The number of carbonyl (C=O) groups excluding carboxylic acids is 1. The molecule has 10 heteroatoms. The molecular formula is C25H31FN6O3. The van der Waals surface area contributed by atoms with Gasteiger partial charge in [0.05, 0.1) is 55.8 Å². The number of hydrogen-bond acceptors (Lipinski definition) is 6.